The van der Waals surface area contributed by atoms with E-state index in [-0.39, 0.29) is 23.6 Å². The normalized spacial score (nSPS) is 12.3. The number of pyridine rings is 1. The van der Waals surface area contributed by atoms with Crippen molar-refractivity contribution in [3.05, 3.63) is 18.3 Å². The van der Waals surface area contributed by atoms with Gasteiger partial charge in [-0.15, -0.1) is 0 Å². The highest BCUT2D eigenvalue weighted by Crippen LogP contribution is 2.12. The van der Waals surface area contributed by atoms with Crippen LogP contribution >= 0.6 is 0 Å². The molecule has 0 saturated carbocycles. The van der Waals surface area contributed by atoms with Crippen LogP contribution in [0.2, 0.25) is 0 Å². The minimum Gasteiger partial charge on any atom is -0.370 e. The third-order valence-electron chi connectivity index (χ3n) is 2.58. The molecule has 1 aromatic heterocycles. The second kappa shape index (κ2) is 7.71. The summed E-state index contributed by atoms with van der Waals surface area (Å²) in [6.45, 7) is 2.78. The number of rotatable bonds is 9. The summed E-state index contributed by atoms with van der Waals surface area (Å²) in [4.78, 5) is 4.14. The number of hydrogen-bond acceptors (Lipinski definition) is 6. The molecule has 0 atom stereocenters. The van der Waals surface area contributed by atoms with E-state index < -0.39 is 19.9 Å². The maximum absolute atomic E-state index is 12.1. The fraction of sp³-hybridized carbons (Fsp3) is 0.583. The maximum atomic E-state index is 12.1. The summed E-state index contributed by atoms with van der Waals surface area (Å²) in [5.41, 5.74) is 0. The highest BCUT2D eigenvalue weighted by molar-refractivity contribution is 7.90. The van der Waals surface area contributed by atoms with Crippen LogP contribution in [-0.2, 0) is 19.9 Å². The van der Waals surface area contributed by atoms with Gasteiger partial charge < -0.3 is 5.32 Å². The summed E-state index contributed by atoms with van der Waals surface area (Å²) in [6, 6.07) is 2.85. The average Bonchev–Trinajstić information content (AvgIpc) is 2.41. The van der Waals surface area contributed by atoms with Crippen LogP contribution in [0.1, 0.15) is 19.8 Å². The minimum absolute atomic E-state index is 0.0465. The van der Waals surface area contributed by atoms with E-state index in [0.29, 0.717) is 12.4 Å². The second-order valence-electron chi connectivity index (χ2n) is 4.68. The zero-order chi connectivity index (χ0) is 15.9. The summed E-state index contributed by atoms with van der Waals surface area (Å²) in [5.74, 6) is 0.450. The lowest BCUT2D eigenvalue weighted by Gasteiger charge is -2.08. The molecule has 7 nitrogen and oxygen atoms in total. The SMILES string of the molecule is CCCNc1cc(S(=O)(=O)NCCCS(C)(=O)=O)ccn1. The van der Waals surface area contributed by atoms with Crippen molar-refractivity contribution >= 4 is 25.7 Å². The molecule has 0 saturated heterocycles. The van der Waals surface area contributed by atoms with E-state index in [0.717, 1.165) is 12.7 Å². The molecule has 0 radical (unpaired) electrons. The van der Waals surface area contributed by atoms with Gasteiger partial charge in [-0.25, -0.2) is 26.5 Å². The van der Waals surface area contributed by atoms with E-state index >= 15 is 0 Å². The highest BCUT2D eigenvalue weighted by Gasteiger charge is 2.14. The van der Waals surface area contributed by atoms with Gasteiger partial charge in [-0.05, 0) is 18.9 Å². The van der Waals surface area contributed by atoms with Gasteiger partial charge in [-0.1, -0.05) is 6.92 Å². The summed E-state index contributed by atoms with van der Waals surface area (Å²) in [7, 11) is -6.73. The van der Waals surface area contributed by atoms with Crippen LogP contribution in [0.25, 0.3) is 0 Å². The Labute approximate surface area is 126 Å². The van der Waals surface area contributed by atoms with Crippen molar-refractivity contribution in [1.29, 1.82) is 0 Å². The van der Waals surface area contributed by atoms with Gasteiger partial charge in [0.15, 0.2) is 0 Å². The molecule has 0 aliphatic carbocycles. The van der Waals surface area contributed by atoms with E-state index in [2.05, 4.69) is 15.0 Å². The number of anilines is 1. The molecule has 1 aromatic rings. The predicted octanol–water partition coefficient (Wildman–Crippen LogP) is 0.616. The zero-order valence-corrected chi connectivity index (χ0v) is 13.8. The third-order valence-corrected chi connectivity index (χ3v) is 5.07. The summed E-state index contributed by atoms with van der Waals surface area (Å²) >= 11 is 0. The summed E-state index contributed by atoms with van der Waals surface area (Å²) in [6.07, 6.45) is 3.69. The lowest BCUT2D eigenvalue weighted by molar-refractivity contribution is 0.577. The Morgan fingerprint density at radius 2 is 1.90 bits per heavy atom. The quantitative estimate of drug-likeness (QED) is 0.641. The topological polar surface area (TPSA) is 105 Å². The Morgan fingerprint density at radius 1 is 1.19 bits per heavy atom. The Balaban J connectivity index is 2.65. The Morgan fingerprint density at radius 3 is 2.52 bits per heavy atom. The average molecular weight is 335 g/mol. The van der Waals surface area contributed by atoms with E-state index in [4.69, 9.17) is 0 Å². The van der Waals surface area contributed by atoms with Crippen LogP contribution in [-0.4, -0.2) is 46.9 Å². The molecule has 1 heterocycles. The molecule has 2 N–H and O–H groups in total. The zero-order valence-electron chi connectivity index (χ0n) is 12.2. The van der Waals surface area contributed by atoms with Crippen molar-refractivity contribution < 1.29 is 16.8 Å². The Bertz CT molecular complexity index is 657. The van der Waals surface area contributed by atoms with Crippen molar-refractivity contribution in [2.75, 3.05) is 30.4 Å². The lowest BCUT2D eigenvalue weighted by Crippen LogP contribution is -2.26. The molecule has 0 aliphatic heterocycles. The van der Waals surface area contributed by atoms with Crippen molar-refractivity contribution in [2.24, 2.45) is 0 Å². The van der Waals surface area contributed by atoms with Gasteiger partial charge in [0.05, 0.1) is 10.6 Å². The molecule has 0 bridgehead atoms. The van der Waals surface area contributed by atoms with Gasteiger partial charge >= 0.3 is 0 Å². The smallest absolute Gasteiger partial charge is 0.240 e. The number of hydrogen-bond donors (Lipinski definition) is 2. The molecule has 1 rings (SSSR count). The van der Waals surface area contributed by atoms with Crippen LogP contribution in [0.15, 0.2) is 23.2 Å². The fourth-order valence-electron chi connectivity index (χ4n) is 1.55. The molecule has 0 fully saturated rings. The van der Waals surface area contributed by atoms with Gasteiger partial charge in [0.25, 0.3) is 0 Å². The van der Waals surface area contributed by atoms with Crippen molar-refractivity contribution in [1.82, 2.24) is 9.71 Å². The molecule has 21 heavy (non-hydrogen) atoms. The number of sulfonamides is 1. The highest BCUT2D eigenvalue weighted by atomic mass is 32.2. The third kappa shape index (κ3) is 6.87. The first-order valence-electron chi connectivity index (χ1n) is 6.62. The molecule has 0 amide bonds. The first-order chi connectivity index (χ1) is 9.74. The standard InChI is InChI=1S/C12H21N3O4S2/c1-3-6-13-12-10-11(5-8-14-12)21(18,19)15-7-4-9-20(2,16)17/h5,8,10,15H,3-4,6-7,9H2,1-2H3,(H,13,14). The molecule has 0 unspecified atom stereocenters. The number of sulfone groups is 1. The maximum Gasteiger partial charge on any atom is 0.240 e. The van der Waals surface area contributed by atoms with Crippen molar-refractivity contribution in [2.45, 2.75) is 24.7 Å². The first-order valence-corrected chi connectivity index (χ1v) is 10.2. The number of nitrogens with zero attached hydrogens (tertiary/aromatic N) is 1. The number of nitrogens with one attached hydrogen (secondary N) is 2. The van der Waals surface area contributed by atoms with Crippen LogP contribution in [0, 0.1) is 0 Å². The van der Waals surface area contributed by atoms with Gasteiger partial charge in [-0.3, -0.25) is 0 Å². The monoisotopic (exact) mass is 335 g/mol. The summed E-state index contributed by atoms with van der Waals surface area (Å²) in [5, 5.41) is 3.01. The van der Waals surface area contributed by atoms with Crippen LogP contribution in [0.3, 0.4) is 0 Å². The molecular weight excluding hydrogens is 314 g/mol. The molecule has 9 heteroatoms. The molecule has 0 aliphatic rings. The largest absolute Gasteiger partial charge is 0.370 e. The molecule has 120 valence electrons. The van der Waals surface area contributed by atoms with Gasteiger partial charge in [-0.2, -0.15) is 0 Å². The number of aromatic nitrogens is 1. The van der Waals surface area contributed by atoms with Crippen LogP contribution < -0.4 is 10.0 Å². The molecule has 0 aromatic carbocycles. The van der Waals surface area contributed by atoms with Gasteiger partial charge in [0, 0.05) is 31.6 Å². The van der Waals surface area contributed by atoms with E-state index in [1.807, 2.05) is 6.92 Å². The Hall–Kier alpha value is -1.19. The van der Waals surface area contributed by atoms with Gasteiger partial charge in [0.2, 0.25) is 10.0 Å². The minimum atomic E-state index is -3.65. The fourth-order valence-corrected chi connectivity index (χ4v) is 3.31. The first kappa shape index (κ1) is 17.9. The lowest BCUT2D eigenvalue weighted by atomic mass is 10.4. The van der Waals surface area contributed by atoms with Crippen molar-refractivity contribution in [3.63, 3.8) is 0 Å². The van der Waals surface area contributed by atoms with E-state index in [1.165, 1.54) is 18.3 Å². The van der Waals surface area contributed by atoms with Gasteiger partial charge in [0.1, 0.15) is 15.7 Å². The molecule has 0 spiro atoms. The molecular formula is C12H21N3O4S2. The Kier molecular flexibility index (Phi) is 6.56. The van der Waals surface area contributed by atoms with Crippen LogP contribution in [0.4, 0.5) is 5.82 Å². The second-order valence-corrected chi connectivity index (χ2v) is 8.71. The van der Waals surface area contributed by atoms with Crippen molar-refractivity contribution in [3.8, 4) is 0 Å². The van der Waals surface area contributed by atoms with Crippen LogP contribution in [0.5, 0.6) is 0 Å². The predicted molar refractivity (Wildman–Crippen MR) is 82.5 cm³/mol. The van der Waals surface area contributed by atoms with E-state index in [1.54, 1.807) is 0 Å². The van der Waals surface area contributed by atoms with E-state index in [9.17, 15) is 16.8 Å². The summed E-state index contributed by atoms with van der Waals surface area (Å²) < 4.78 is 48.5.